The van der Waals surface area contributed by atoms with E-state index in [1.54, 1.807) is 0 Å². The average Bonchev–Trinajstić information content (AvgIpc) is 1.54. The van der Waals surface area contributed by atoms with Gasteiger partial charge in [0.05, 0.1) is 0 Å². The Morgan fingerprint density at radius 3 is 0.500 bits per heavy atom. The van der Waals surface area contributed by atoms with Gasteiger partial charge < -0.3 is 36.3 Å². The summed E-state index contributed by atoms with van der Waals surface area (Å²) in [6.07, 6.45) is -5.50. The largest absolute Gasteiger partial charge is 1.00 e. The molecular formula is C3H10Na4O9. The Labute approximate surface area is 184 Å². The van der Waals surface area contributed by atoms with Crippen LogP contribution in [0.1, 0.15) is 5.71 Å². The SMILES string of the molecule is O=C(O)O.O=C(O)O.O=C(O)O.[H-].[H-].[H-].[H-].[Na+].[Na+].[Na+].[Na+]. The predicted octanol–water partition coefficient (Wildman–Crippen LogP) is -10.9. The van der Waals surface area contributed by atoms with Crippen molar-refractivity contribution in [3.63, 3.8) is 0 Å². The van der Waals surface area contributed by atoms with Crippen LogP contribution in [-0.2, 0) is 0 Å². The Balaban J connectivity index is -0.00000000562. The van der Waals surface area contributed by atoms with E-state index in [2.05, 4.69) is 0 Å². The summed E-state index contributed by atoms with van der Waals surface area (Å²) in [5, 5.41) is 41.8. The van der Waals surface area contributed by atoms with Gasteiger partial charge in [-0.25, -0.2) is 14.4 Å². The van der Waals surface area contributed by atoms with Gasteiger partial charge in [0.2, 0.25) is 0 Å². The molecule has 0 aliphatic rings. The third-order valence-corrected chi connectivity index (χ3v) is 0. The van der Waals surface area contributed by atoms with Gasteiger partial charge in [0.1, 0.15) is 0 Å². The van der Waals surface area contributed by atoms with Crippen LogP contribution in [0.3, 0.4) is 0 Å². The van der Waals surface area contributed by atoms with E-state index in [0.29, 0.717) is 0 Å². The fourth-order valence-electron chi connectivity index (χ4n) is 0. The first kappa shape index (κ1) is 43.1. The molecular weight excluding hydrogens is 272 g/mol. The minimum atomic E-state index is -1.83. The molecule has 0 aromatic rings. The van der Waals surface area contributed by atoms with Crippen molar-refractivity contribution in [2.75, 3.05) is 0 Å². The van der Waals surface area contributed by atoms with E-state index in [1.807, 2.05) is 0 Å². The molecule has 0 atom stereocenters. The van der Waals surface area contributed by atoms with Gasteiger partial charge in [-0.3, -0.25) is 0 Å². The molecule has 0 rings (SSSR count). The average molecular weight is 282 g/mol. The summed E-state index contributed by atoms with van der Waals surface area (Å²) in [5.41, 5.74) is 0. The maximum absolute atomic E-state index is 8.56. The molecule has 16 heavy (non-hydrogen) atoms. The van der Waals surface area contributed by atoms with Gasteiger partial charge in [0.25, 0.3) is 0 Å². The Morgan fingerprint density at radius 1 is 0.500 bits per heavy atom. The third kappa shape index (κ3) is 1060. The second-order valence-electron chi connectivity index (χ2n) is 0.848. The Kier molecular flexibility index (Phi) is 96.8. The van der Waals surface area contributed by atoms with E-state index in [1.165, 1.54) is 0 Å². The zero-order valence-electron chi connectivity index (χ0n) is 13.4. The third-order valence-electron chi connectivity index (χ3n) is 0. The molecule has 13 heteroatoms. The van der Waals surface area contributed by atoms with Gasteiger partial charge in [-0.15, -0.1) is 0 Å². The van der Waals surface area contributed by atoms with Crippen molar-refractivity contribution in [1.82, 2.24) is 0 Å². The molecule has 0 fully saturated rings. The molecule has 0 saturated heterocycles. The molecule has 0 aromatic heterocycles. The molecule has 0 aromatic carbocycles. The van der Waals surface area contributed by atoms with Crippen molar-refractivity contribution in [3.8, 4) is 0 Å². The minimum Gasteiger partial charge on any atom is -1.00 e. The number of hydrogen-bond acceptors (Lipinski definition) is 3. The van der Waals surface area contributed by atoms with E-state index in [-0.39, 0.29) is 124 Å². The molecule has 80 valence electrons. The van der Waals surface area contributed by atoms with Crippen molar-refractivity contribution in [1.29, 1.82) is 0 Å². The first-order valence-corrected chi connectivity index (χ1v) is 1.95. The van der Waals surface area contributed by atoms with Crippen LogP contribution in [0.25, 0.3) is 0 Å². The summed E-state index contributed by atoms with van der Waals surface area (Å²) in [6.45, 7) is 0. The monoisotopic (exact) mass is 282 g/mol. The van der Waals surface area contributed by atoms with Gasteiger partial charge in [0, 0.05) is 0 Å². The summed E-state index contributed by atoms with van der Waals surface area (Å²) >= 11 is 0. The molecule has 0 amide bonds. The van der Waals surface area contributed by atoms with Gasteiger partial charge in [0.15, 0.2) is 0 Å². The quantitative estimate of drug-likeness (QED) is 0.236. The molecule has 0 aliphatic heterocycles. The second-order valence-corrected chi connectivity index (χ2v) is 0.848. The summed E-state index contributed by atoms with van der Waals surface area (Å²) in [5.74, 6) is 0. The Bertz CT molecular complexity index is 135. The van der Waals surface area contributed by atoms with Crippen LogP contribution in [0.5, 0.6) is 0 Å². The van der Waals surface area contributed by atoms with Crippen LogP contribution in [-0.4, -0.2) is 49.1 Å². The van der Waals surface area contributed by atoms with Crippen molar-refractivity contribution < 1.29 is 169 Å². The standard InChI is InChI=1S/3CH2O3.4Na.4H/c3*2-1(3)4;;;;;;;;/h3*(H2,2,3,4);;;;;;;;/q;;;4*+1;4*-1. The maximum Gasteiger partial charge on any atom is 1.00 e. The van der Waals surface area contributed by atoms with Crippen LogP contribution in [0.15, 0.2) is 0 Å². The van der Waals surface area contributed by atoms with Crippen molar-refractivity contribution in [2.24, 2.45) is 0 Å². The van der Waals surface area contributed by atoms with E-state index >= 15 is 0 Å². The molecule has 0 spiro atoms. The molecule has 6 N–H and O–H groups in total. The number of rotatable bonds is 0. The predicted molar refractivity (Wildman–Crippen MR) is 36.4 cm³/mol. The summed E-state index contributed by atoms with van der Waals surface area (Å²) < 4.78 is 0. The smallest absolute Gasteiger partial charge is 1.00 e. The second kappa shape index (κ2) is 36.0. The summed E-state index contributed by atoms with van der Waals surface area (Å²) in [7, 11) is 0. The van der Waals surface area contributed by atoms with E-state index in [4.69, 9.17) is 45.0 Å². The fourth-order valence-corrected chi connectivity index (χ4v) is 0. The van der Waals surface area contributed by atoms with Crippen LogP contribution < -0.4 is 118 Å². The van der Waals surface area contributed by atoms with Gasteiger partial charge >= 0.3 is 137 Å². The maximum atomic E-state index is 8.56. The summed E-state index contributed by atoms with van der Waals surface area (Å²) in [4.78, 5) is 25.7. The zero-order valence-corrected chi connectivity index (χ0v) is 17.4. The van der Waals surface area contributed by atoms with E-state index in [9.17, 15) is 0 Å². The van der Waals surface area contributed by atoms with Gasteiger partial charge in [-0.1, -0.05) is 0 Å². The Morgan fingerprint density at radius 2 is 0.500 bits per heavy atom. The van der Waals surface area contributed by atoms with Crippen LogP contribution in [0.2, 0.25) is 0 Å². The van der Waals surface area contributed by atoms with E-state index < -0.39 is 18.5 Å². The molecule has 0 aliphatic carbocycles. The molecule has 0 bridgehead atoms. The van der Waals surface area contributed by atoms with Crippen LogP contribution in [0, 0.1) is 0 Å². The molecule has 0 unspecified atom stereocenters. The molecule has 0 saturated carbocycles. The zero-order chi connectivity index (χ0) is 10.7. The first-order valence-electron chi connectivity index (χ1n) is 1.95. The summed E-state index contributed by atoms with van der Waals surface area (Å²) in [6, 6.07) is 0. The van der Waals surface area contributed by atoms with Crippen molar-refractivity contribution in [3.05, 3.63) is 0 Å². The van der Waals surface area contributed by atoms with Gasteiger partial charge in [-0.2, -0.15) is 0 Å². The molecule has 9 nitrogen and oxygen atoms in total. The van der Waals surface area contributed by atoms with Crippen molar-refractivity contribution >= 4 is 18.5 Å². The fraction of sp³-hybridized carbons (Fsp3) is 0. The van der Waals surface area contributed by atoms with Crippen molar-refractivity contribution in [2.45, 2.75) is 0 Å². The molecule has 0 radical (unpaired) electrons. The minimum absolute atomic E-state index is 0. The number of hydrogen-bond donors (Lipinski definition) is 6. The molecule has 0 heterocycles. The van der Waals surface area contributed by atoms with E-state index in [0.717, 1.165) is 0 Å². The van der Waals surface area contributed by atoms with Gasteiger partial charge in [-0.05, 0) is 0 Å². The first-order chi connectivity index (χ1) is 5.20. The normalized spacial score (nSPS) is 4.50. The topological polar surface area (TPSA) is 173 Å². The number of carbonyl (C=O) groups is 3. The van der Waals surface area contributed by atoms with Crippen LogP contribution >= 0.6 is 0 Å². The number of carboxylic acid groups (broad SMARTS) is 6. The Hall–Kier alpha value is 1.81. The van der Waals surface area contributed by atoms with Crippen LogP contribution in [0.4, 0.5) is 14.4 Å².